The van der Waals surface area contributed by atoms with Crippen LogP contribution in [0.25, 0.3) is 10.9 Å². The number of carbonyl (C=O) groups excluding carboxylic acids is 1. The van der Waals surface area contributed by atoms with Crippen molar-refractivity contribution in [1.82, 2.24) is 10.2 Å². The van der Waals surface area contributed by atoms with Gasteiger partial charge in [-0.2, -0.15) is 5.10 Å². The second-order valence-electron chi connectivity index (χ2n) is 5.51. The normalized spacial score (nSPS) is 26.7. The number of aromatic amines is 1. The molecule has 1 saturated carbocycles. The van der Waals surface area contributed by atoms with Crippen LogP contribution >= 0.6 is 0 Å². The van der Waals surface area contributed by atoms with Crippen molar-refractivity contribution in [3.63, 3.8) is 0 Å². The summed E-state index contributed by atoms with van der Waals surface area (Å²) < 4.78 is 0. The van der Waals surface area contributed by atoms with E-state index in [0.717, 1.165) is 35.9 Å². The molecule has 2 aromatic rings. The molecule has 1 aliphatic rings. The zero-order valence-corrected chi connectivity index (χ0v) is 10.9. The Labute approximate surface area is 111 Å². The van der Waals surface area contributed by atoms with Crippen LogP contribution in [0.15, 0.2) is 24.4 Å². The Kier molecular flexibility index (Phi) is 2.78. The number of nitrogens with zero attached hydrogens (tertiary/aromatic N) is 1. The summed E-state index contributed by atoms with van der Waals surface area (Å²) in [6.45, 7) is 1.95. The van der Waals surface area contributed by atoms with Crippen molar-refractivity contribution in [2.75, 3.05) is 5.32 Å². The molecule has 5 heteroatoms. The van der Waals surface area contributed by atoms with E-state index in [0.29, 0.717) is 0 Å². The van der Waals surface area contributed by atoms with Crippen molar-refractivity contribution < 1.29 is 4.79 Å². The molecule has 1 amide bonds. The monoisotopic (exact) mass is 258 g/mol. The summed E-state index contributed by atoms with van der Waals surface area (Å²) in [4.78, 5) is 12.5. The van der Waals surface area contributed by atoms with Crippen LogP contribution in [0.5, 0.6) is 0 Å². The van der Waals surface area contributed by atoms with Crippen LogP contribution in [-0.2, 0) is 4.79 Å². The first-order valence-corrected chi connectivity index (χ1v) is 6.60. The van der Waals surface area contributed by atoms with Gasteiger partial charge in [0, 0.05) is 11.4 Å². The number of rotatable bonds is 2. The van der Waals surface area contributed by atoms with E-state index in [1.807, 2.05) is 25.1 Å². The predicted octanol–water partition coefficient (Wildman–Crippen LogP) is 2.02. The fourth-order valence-corrected chi connectivity index (χ4v) is 2.81. The maximum Gasteiger partial charge on any atom is 0.231 e. The van der Waals surface area contributed by atoms with Crippen molar-refractivity contribution in [3.05, 3.63) is 24.4 Å². The third kappa shape index (κ3) is 1.90. The highest BCUT2D eigenvalue weighted by atomic mass is 16.2. The molecule has 1 aliphatic carbocycles. The third-order valence-corrected chi connectivity index (χ3v) is 4.27. The molecule has 0 bridgehead atoms. The molecule has 0 saturated heterocycles. The highest BCUT2D eigenvalue weighted by Gasteiger charge is 2.43. The molecule has 0 aliphatic heterocycles. The maximum absolute atomic E-state index is 12.5. The smallest absolute Gasteiger partial charge is 0.231 e. The molecule has 5 nitrogen and oxygen atoms in total. The Morgan fingerprint density at radius 3 is 3.16 bits per heavy atom. The lowest BCUT2D eigenvalue weighted by atomic mass is 9.84. The summed E-state index contributed by atoms with van der Waals surface area (Å²) in [7, 11) is 0. The zero-order chi connectivity index (χ0) is 13.5. The van der Waals surface area contributed by atoms with Gasteiger partial charge in [-0.3, -0.25) is 9.89 Å². The number of carbonyl (C=O) groups is 1. The van der Waals surface area contributed by atoms with Gasteiger partial charge >= 0.3 is 0 Å². The molecular weight excluding hydrogens is 240 g/mol. The fraction of sp³-hybridized carbons (Fsp3) is 0.429. The quantitative estimate of drug-likeness (QED) is 0.770. The van der Waals surface area contributed by atoms with E-state index in [4.69, 9.17) is 5.73 Å². The number of anilines is 1. The molecule has 1 aromatic heterocycles. The molecule has 1 fully saturated rings. The van der Waals surface area contributed by atoms with E-state index in [9.17, 15) is 4.79 Å². The second kappa shape index (κ2) is 4.35. The van der Waals surface area contributed by atoms with Gasteiger partial charge in [-0.25, -0.2) is 0 Å². The Balaban J connectivity index is 1.89. The van der Waals surface area contributed by atoms with Crippen LogP contribution in [0.2, 0.25) is 0 Å². The van der Waals surface area contributed by atoms with Crippen molar-refractivity contribution in [3.8, 4) is 0 Å². The van der Waals surface area contributed by atoms with E-state index in [1.54, 1.807) is 6.20 Å². The predicted molar refractivity (Wildman–Crippen MR) is 74.7 cm³/mol. The summed E-state index contributed by atoms with van der Waals surface area (Å²) in [6, 6.07) is 5.68. The lowest BCUT2D eigenvalue weighted by Crippen LogP contribution is -2.44. The minimum absolute atomic E-state index is 0.000370. The number of aromatic nitrogens is 2. The first kappa shape index (κ1) is 12.2. The van der Waals surface area contributed by atoms with Crippen LogP contribution in [0, 0.1) is 5.41 Å². The van der Waals surface area contributed by atoms with Gasteiger partial charge in [0.2, 0.25) is 5.91 Å². The lowest BCUT2D eigenvalue weighted by Gasteiger charge is -2.27. The van der Waals surface area contributed by atoms with Gasteiger partial charge in [0.1, 0.15) is 0 Å². The van der Waals surface area contributed by atoms with Gasteiger partial charge < -0.3 is 11.1 Å². The van der Waals surface area contributed by atoms with Gasteiger partial charge in [0.15, 0.2) is 0 Å². The van der Waals surface area contributed by atoms with Gasteiger partial charge in [-0.1, -0.05) is 18.6 Å². The van der Waals surface area contributed by atoms with Crippen LogP contribution in [0.1, 0.15) is 26.2 Å². The molecule has 1 heterocycles. The highest BCUT2D eigenvalue weighted by Crippen LogP contribution is 2.38. The zero-order valence-electron chi connectivity index (χ0n) is 10.9. The summed E-state index contributed by atoms with van der Waals surface area (Å²) in [5.74, 6) is -0.000370. The highest BCUT2D eigenvalue weighted by molar-refractivity contribution is 6.02. The van der Waals surface area contributed by atoms with E-state index in [2.05, 4.69) is 15.5 Å². The Hall–Kier alpha value is -1.88. The SMILES string of the molecule is CC1(C(=O)Nc2cccc3cn[nH]c23)CCCC1N. The van der Waals surface area contributed by atoms with E-state index in [-0.39, 0.29) is 11.9 Å². The number of benzene rings is 1. The molecule has 2 atom stereocenters. The second-order valence-corrected chi connectivity index (χ2v) is 5.51. The van der Waals surface area contributed by atoms with Gasteiger partial charge in [-0.15, -0.1) is 0 Å². The number of H-pyrrole nitrogens is 1. The molecule has 3 rings (SSSR count). The average molecular weight is 258 g/mol. The first-order chi connectivity index (χ1) is 9.11. The van der Waals surface area contributed by atoms with Crippen molar-refractivity contribution in [2.24, 2.45) is 11.1 Å². The number of nitrogens with two attached hydrogens (primary N) is 1. The van der Waals surface area contributed by atoms with Gasteiger partial charge in [0.25, 0.3) is 0 Å². The van der Waals surface area contributed by atoms with Crippen LogP contribution in [0.4, 0.5) is 5.69 Å². The summed E-state index contributed by atoms with van der Waals surface area (Å²) in [5.41, 5.74) is 7.23. The Morgan fingerprint density at radius 2 is 2.42 bits per heavy atom. The molecule has 1 aromatic carbocycles. The fourth-order valence-electron chi connectivity index (χ4n) is 2.81. The number of fused-ring (bicyclic) bond motifs is 1. The van der Waals surface area contributed by atoms with Crippen molar-refractivity contribution >= 4 is 22.5 Å². The van der Waals surface area contributed by atoms with Gasteiger partial charge in [0.05, 0.1) is 22.8 Å². The number of nitrogens with one attached hydrogen (secondary N) is 2. The molecule has 4 N–H and O–H groups in total. The number of hydrogen-bond donors (Lipinski definition) is 3. The van der Waals surface area contributed by atoms with E-state index in [1.165, 1.54) is 0 Å². The van der Waals surface area contributed by atoms with Crippen LogP contribution in [0.3, 0.4) is 0 Å². The maximum atomic E-state index is 12.5. The molecule has 19 heavy (non-hydrogen) atoms. The summed E-state index contributed by atoms with van der Waals surface area (Å²) in [5, 5.41) is 10.9. The number of hydrogen-bond acceptors (Lipinski definition) is 3. The number of amides is 1. The van der Waals surface area contributed by atoms with Crippen LogP contribution < -0.4 is 11.1 Å². The topological polar surface area (TPSA) is 83.8 Å². The lowest BCUT2D eigenvalue weighted by molar-refractivity contribution is -0.125. The molecular formula is C14H18N4O. The average Bonchev–Trinajstić information content (AvgIpc) is 2.99. The standard InChI is InChI=1S/C14H18N4O/c1-14(7-3-6-11(14)15)13(19)17-10-5-2-4-9-8-16-18-12(9)10/h2,4-5,8,11H,3,6-7,15H2,1H3,(H,16,18)(H,17,19). The Bertz CT molecular complexity index is 621. The summed E-state index contributed by atoms with van der Waals surface area (Å²) in [6.07, 6.45) is 4.52. The first-order valence-electron chi connectivity index (χ1n) is 6.60. The molecule has 0 radical (unpaired) electrons. The van der Waals surface area contributed by atoms with Gasteiger partial charge in [-0.05, 0) is 25.8 Å². The van der Waals surface area contributed by atoms with E-state index >= 15 is 0 Å². The number of para-hydroxylation sites is 1. The van der Waals surface area contributed by atoms with Crippen LogP contribution in [-0.4, -0.2) is 22.1 Å². The molecule has 2 unspecified atom stereocenters. The Morgan fingerprint density at radius 1 is 1.58 bits per heavy atom. The van der Waals surface area contributed by atoms with Crippen molar-refractivity contribution in [2.45, 2.75) is 32.2 Å². The molecule has 0 spiro atoms. The largest absolute Gasteiger partial charge is 0.327 e. The molecule has 100 valence electrons. The third-order valence-electron chi connectivity index (χ3n) is 4.27. The van der Waals surface area contributed by atoms with E-state index < -0.39 is 5.41 Å². The van der Waals surface area contributed by atoms with Crippen molar-refractivity contribution in [1.29, 1.82) is 0 Å². The summed E-state index contributed by atoms with van der Waals surface area (Å²) >= 11 is 0. The minimum atomic E-state index is -0.470. The minimum Gasteiger partial charge on any atom is -0.327 e.